The van der Waals surface area contributed by atoms with E-state index < -0.39 is 0 Å². The summed E-state index contributed by atoms with van der Waals surface area (Å²) in [6.07, 6.45) is 0.911. The number of rotatable bonds is 6. The van der Waals surface area contributed by atoms with Crippen LogP contribution in [0.2, 0.25) is 0 Å². The standard InChI is InChI=1S/C20H24O2S/c1-2-21-20-13-17(15-23-18-11-7-4-8-12-18)19(14-22-20)16-9-5-3-6-10-16/h3-12,17,19-20H,2,13-15H2,1H3. The second-order valence-corrected chi connectivity index (χ2v) is 6.95. The van der Waals surface area contributed by atoms with Crippen LogP contribution in [-0.4, -0.2) is 25.3 Å². The minimum atomic E-state index is -0.0543. The Balaban J connectivity index is 1.69. The number of hydrogen-bond acceptors (Lipinski definition) is 3. The molecule has 23 heavy (non-hydrogen) atoms. The highest BCUT2D eigenvalue weighted by Gasteiger charge is 2.32. The van der Waals surface area contributed by atoms with Gasteiger partial charge in [-0.3, -0.25) is 0 Å². The minimum Gasteiger partial charge on any atom is -0.353 e. The van der Waals surface area contributed by atoms with Gasteiger partial charge in [0.05, 0.1) is 6.61 Å². The molecule has 3 unspecified atom stereocenters. The van der Waals surface area contributed by atoms with Gasteiger partial charge in [0, 0.05) is 29.6 Å². The van der Waals surface area contributed by atoms with Crippen molar-refractivity contribution < 1.29 is 9.47 Å². The van der Waals surface area contributed by atoms with Gasteiger partial charge in [0.15, 0.2) is 6.29 Å². The molecule has 0 amide bonds. The Bertz CT molecular complexity index is 573. The van der Waals surface area contributed by atoms with E-state index in [0.29, 0.717) is 18.4 Å². The Morgan fingerprint density at radius 1 is 1.04 bits per heavy atom. The van der Waals surface area contributed by atoms with Gasteiger partial charge in [-0.2, -0.15) is 0 Å². The fraction of sp³-hybridized carbons (Fsp3) is 0.400. The van der Waals surface area contributed by atoms with Crippen LogP contribution in [0.25, 0.3) is 0 Å². The van der Waals surface area contributed by atoms with E-state index >= 15 is 0 Å². The molecule has 1 aliphatic heterocycles. The van der Waals surface area contributed by atoms with Crippen molar-refractivity contribution in [1.82, 2.24) is 0 Å². The summed E-state index contributed by atoms with van der Waals surface area (Å²) in [6, 6.07) is 21.4. The largest absolute Gasteiger partial charge is 0.353 e. The van der Waals surface area contributed by atoms with Crippen LogP contribution in [0.5, 0.6) is 0 Å². The van der Waals surface area contributed by atoms with E-state index in [1.54, 1.807) is 0 Å². The van der Waals surface area contributed by atoms with Gasteiger partial charge < -0.3 is 9.47 Å². The lowest BCUT2D eigenvalue weighted by Gasteiger charge is -2.36. The average Bonchev–Trinajstić information content (AvgIpc) is 2.62. The number of benzene rings is 2. The van der Waals surface area contributed by atoms with Crippen molar-refractivity contribution in [2.24, 2.45) is 5.92 Å². The fourth-order valence-corrected chi connectivity index (χ4v) is 4.23. The third-order valence-corrected chi connectivity index (χ3v) is 5.51. The van der Waals surface area contributed by atoms with E-state index in [1.165, 1.54) is 10.5 Å². The zero-order valence-corrected chi connectivity index (χ0v) is 14.4. The van der Waals surface area contributed by atoms with E-state index in [4.69, 9.17) is 9.47 Å². The van der Waals surface area contributed by atoms with Crippen LogP contribution in [0.4, 0.5) is 0 Å². The quantitative estimate of drug-likeness (QED) is 0.698. The topological polar surface area (TPSA) is 18.5 Å². The first-order valence-corrected chi connectivity index (χ1v) is 9.31. The van der Waals surface area contributed by atoms with Gasteiger partial charge in [-0.15, -0.1) is 11.8 Å². The van der Waals surface area contributed by atoms with E-state index in [2.05, 4.69) is 60.7 Å². The minimum absolute atomic E-state index is 0.0543. The van der Waals surface area contributed by atoms with E-state index in [1.807, 2.05) is 18.7 Å². The van der Waals surface area contributed by atoms with Crippen LogP contribution in [-0.2, 0) is 9.47 Å². The smallest absolute Gasteiger partial charge is 0.157 e. The molecule has 1 heterocycles. The SMILES string of the molecule is CCOC1CC(CSc2ccccc2)C(c2ccccc2)CO1. The van der Waals surface area contributed by atoms with Crippen LogP contribution in [0.3, 0.4) is 0 Å². The molecule has 2 nitrogen and oxygen atoms in total. The summed E-state index contributed by atoms with van der Waals surface area (Å²) < 4.78 is 11.7. The average molecular weight is 328 g/mol. The van der Waals surface area contributed by atoms with Gasteiger partial charge in [0.25, 0.3) is 0 Å². The van der Waals surface area contributed by atoms with E-state index in [9.17, 15) is 0 Å². The first kappa shape index (κ1) is 16.6. The van der Waals surface area contributed by atoms with Crippen molar-refractivity contribution >= 4 is 11.8 Å². The normalized spacial score (nSPS) is 24.5. The molecule has 122 valence electrons. The van der Waals surface area contributed by atoms with Crippen LogP contribution < -0.4 is 0 Å². The van der Waals surface area contributed by atoms with Crippen LogP contribution in [0.15, 0.2) is 65.6 Å². The van der Waals surface area contributed by atoms with Gasteiger partial charge in [-0.05, 0) is 30.5 Å². The lowest BCUT2D eigenvalue weighted by Crippen LogP contribution is -2.35. The third-order valence-electron chi connectivity index (χ3n) is 4.31. The van der Waals surface area contributed by atoms with Gasteiger partial charge in [-0.25, -0.2) is 0 Å². The molecular weight excluding hydrogens is 304 g/mol. The first-order valence-electron chi connectivity index (χ1n) is 8.33. The zero-order chi connectivity index (χ0) is 15.9. The van der Waals surface area contributed by atoms with Crippen molar-refractivity contribution in [3.63, 3.8) is 0 Å². The summed E-state index contributed by atoms with van der Waals surface area (Å²) in [5.74, 6) is 2.10. The van der Waals surface area contributed by atoms with Gasteiger partial charge in [0.2, 0.25) is 0 Å². The summed E-state index contributed by atoms with van der Waals surface area (Å²) in [6.45, 7) is 3.48. The molecule has 3 atom stereocenters. The molecule has 0 N–H and O–H groups in total. The Labute approximate surface area is 143 Å². The molecular formula is C20H24O2S. The van der Waals surface area contributed by atoms with E-state index in [0.717, 1.165) is 18.8 Å². The maximum atomic E-state index is 5.94. The highest BCUT2D eigenvalue weighted by molar-refractivity contribution is 7.99. The highest BCUT2D eigenvalue weighted by atomic mass is 32.2. The predicted octanol–water partition coefficient (Wildman–Crippen LogP) is 4.96. The molecule has 0 aromatic heterocycles. The fourth-order valence-electron chi connectivity index (χ4n) is 3.10. The van der Waals surface area contributed by atoms with Crippen molar-refractivity contribution in [1.29, 1.82) is 0 Å². The van der Waals surface area contributed by atoms with Gasteiger partial charge in [-0.1, -0.05) is 48.5 Å². The molecule has 1 aliphatic rings. The second-order valence-electron chi connectivity index (χ2n) is 5.86. The summed E-state index contributed by atoms with van der Waals surface area (Å²) in [7, 11) is 0. The van der Waals surface area contributed by atoms with Crippen LogP contribution in [0.1, 0.15) is 24.8 Å². The van der Waals surface area contributed by atoms with Gasteiger partial charge in [0.1, 0.15) is 0 Å². The summed E-state index contributed by atoms with van der Waals surface area (Å²) >= 11 is 1.93. The molecule has 0 spiro atoms. The maximum absolute atomic E-state index is 5.94. The number of thioether (sulfide) groups is 1. The Hall–Kier alpha value is -1.29. The van der Waals surface area contributed by atoms with Crippen LogP contribution >= 0.6 is 11.8 Å². The summed E-state index contributed by atoms with van der Waals surface area (Å²) in [4.78, 5) is 1.33. The van der Waals surface area contributed by atoms with Crippen molar-refractivity contribution in [3.05, 3.63) is 66.2 Å². The first-order chi connectivity index (χ1) is 11.4. The molecule has 0 saturated carbocycles. The molecule has 1 saturated heterocycles. The molecule has 2 aromatic rings. The predicted molar refractivity (Wildman–Crippen MR) is 95.8 cm³/mol. The lowest BCUT2D eigenvalue weighted by atomic mass is 9.84. The molecule has 2 aromatic carbocycles. The molecule has 0 radical (unpaired) electrons. The van der Waals surface area contributed by atoms with Crippen molar-refractivity contribution in [2.75, 3.05) is 19.0 Å². The Kier molecular flexibility index (Phi) is 6.14. The molecule has 3 rings (SSSR count). The van der Waals surface area contributed by atoms with E-state index in [-0.39, 0.29) is 6.29 Å². The van der Waals surface area contributed by atoms with Crippen LogP contribution in [0, 0.1) is 5.92 Å². The summed E-state index contributed by atoms with van der Waals surface area (Å²) in [5.41, 5.74) is 1.38. The number of ether oxygens (including phenoxy) is 2. The number of hydrogen-bond donors (Lipinski definition) is 0. The monoisotopic (exact) mass is 328 g/mol. The molecule has 3 heteroatoms. The zero-order valence-electron chi connectivity index (χ0n) is 13.6. The summed E-state index contributed by atoms with van der Waals surface area (Å²) in [5, 5.41) is 0. The Morgan fingerprint density at radius 3 is 2.43 bits per heavy atom. The Morgan fingerprint density at radius 2 is 1.74 bits per heavy atom. The molecule has 0 aliphatic carbocycles. The van der Waals surface area contributed by atoms with Crippen molar-refractivity contribution in [2.45, 2.75) is 30.4 Å². The van der Waals surface area contributed by atoms with Crippen molar-refractivity contribution in [3.8, 4) is 0 Å². The lowest BCUT2D eigenvalue weighted by molar-refractivity contribution is -0.175. The second kappa shape index (κ2) is 8.53. The molecule has 1 fully saturated rings. The third kappa shape index (κ3) is 4.60. The van der Waals surface area contributed by atoms with Gasteiger partial charge >= 0.3 is 0 Å². The maximum Gasteiger partial charge on any atom is 0.157 e. The molecule has 0 bridgehead atoms. The highest BCUT2D eigenvalue weighted by Crippen LogP contribution is 2.37.